The largest absolute Gasteiger partial charge is 0.274 e. The molecule has 5 nitrogen and oxygen atoms in total. The van der Waals surface area contributed by atoms with Crippen LogP contribution in [0, 0.1) is 0 Å². The molecule has 0 heterocycles. The molecular weight excluding hydrogens is 302 g/mol. The normalized spacial score (nSPS) is 11.1. The molecule has 22 heavy (non-hydrogen) atoms. The Morgan fingerprint density at radius 1 is 1.00 bits per heavy atom. The Labute approximate surface area is 129 Å². The van der Waals surface area contributed by atoms with E-state index in [2.05, 4.69) is 5.48 Å². The van der Waals surface area contributed by atoms with Gasteiger partial charge >= 0.3 is 0 Å². The third kappa shape index (κ3) is 5.31. The van der Waals surface area contributed by atoms with Crippen molar-refractivity contribution >= 4 is 15.7 Å². The van der Waals surface area contributed by atoms with Crippen LogP contribution in [0.2, 0.25) is 0 Å². The van der Waals surface area contributed by atoms with Gasteiger partial charge in [-0.2, -0.15) is 0 Å². The summed E-state index contributed by atoms with van der Waals surface area (Å²) in [6.07, 6.45) is 1.17. The van der Waals surface area contributed by atoms with Gasteiger partial charge in [0.15, 0.2) is 9.84 Å². The summed E-state index contributed by atoms with van der Waals surface area (Å²) < 4.78 is 22.4. The molecule has 0 saturated heterocycles. The summed E-state index contributed by atoms with van der Waals surface area (Å²) >= 11 is 0. The topological polar surface area (TPSA) is 72.5 Å². The van der Waals surface area contributed by atoms with Gasteiger partial charge in [0.25, 0.3) is 5.91 Å². The van der Waals surface area contributed by atoms with Crippen molar-refractivity contribution in [3.05, 3.63) is 71.3 Å². The maximum Gasteiger partial charge on any atom is 0.274 e. The van der Waals surface area contributed by atoms with E-state index in [1.807, 2.05) is 30.3 Å². The monoisotopic (exact) mass is 319 g/mol. The Morgan fingerprint density at radius 3 is 2.23 bits per heavy atom. The van der Waals surface area contributed by atoms with Gasteiger partial charge in [0.2, 0.25) is 0 Å². The van der Waals surface area contributed by atoms with Crippen molar-refractivity contribution in [2.75, 3.05) is 6.26 Å². The first-order chi connectivity index (χ1) is 10.4. The zero-order valence-corrected chi connectivity index (χ0v) is 13.0. The van der Waals surface area contributed by atoms with Crippen molar-refractivity contribution in [3.8, 4) is 0 Å². The highest BCUT2D eigenvalue weighted by Gasteiger charge is 2.08. The molecule has 0 aliphatic heterocycles. The van der Waals surface area contributed by atoms with Gasteiger partial charge in [-0.05, 0) is 23.3 Å². The van der Waals surface area contributed by atoms with E-state index in [4.69, 9.17) is 4.84 Å². The molecule has 0 spiro atoms. The number of benzene rings is 2. The molecule has 2 aromatic rings. The maximum absolute atomic E-state index is 11.9. The predicted octanol–water partition coefficient (Wildman–Crippen LogP) is 2.09. The van der Waals surface area contributed by atoms with Gasteiger partial charge in [-0.15, -0.1) is 0 Å². The average Bonchev–Trinajstić information content (AvgIpc) is 2.47. The Balaban J connectivity index is 1.87. The fraction of sp³-hybridized carbons (Fsp3) is 0.188. The van der Waals surface area contributed by atoms with Gasteiger partial charge in [0.1, 0.15) is 0 Å². The lowest BCUT2D eigenvalue weighted by atomic mass is 10.1. The maximum atomic E-state index is 11.9. The highest BCUT2D eigenvalue weighted by atomic mass is 32.2. The molecular formula is C16H17NO4S. The summed E-state index contributed by atoms with van der Waals surface area (Å²) in [5, 5.41) is 0. The Bertz CT molecular complexity index is 725. The van der Waals surface area contributed by atoms with Gasteiger partial charge in [0, 0.05) is 11.8 Å². The molecule has 0 saturated carbocycles. The first-order valence-electron chi connectivity index (χ1n) is 6.67. The zero-order valence-electron chi connectivity index (χ0n) is 12.2. The SMILES string of the molecule is CS(=O)(=O)Cc1ccc(C(=O)NOCc2ccccc2)cc1. The van der Waals surface area contributed by atoms with Crippen molar-refractivity contribution in [1.29, 1.82) is 0 Å². The Morgan fingerprint density at radius 2 is 1.64 bits per heavy atom. The summed E-state index contributed by atoms with van der Waals surface area (Å²) in [5.41, 5.74) is 4.36. The standard InChI is InChI=1S/C16H17NO4S/c1-22(19,20)12-14-7-9-15(10-8-14)16(18)17-21-11-13-5-3-2-4-6-13/h2-10H,11-12H2,1H3,(H,17,18). The number of sulfone groups is 1. The first kappa shape index (κ1) is 16.2. The molecule has 2 rings (SSSR count). The van der Waals surface area contributed by atoms with Crippen LogP contribution in [-0.2, 0) is 27.0 Å². The van der Waals surface area contributed by atoms with E-state index in [0.29, 0.717) is 11.1 Å². The smallest absolute Gasteiger partial charge is 0.269 e. The lowest BCUT2D eigenvalue weighted by Gasteiger charge is -2.07. The van der Waals surface area contributed by atoms with Crippen molar-refractivity contribution in [2.45, 2.75) is 12.4 Å². The zero-order chi connectivity index (χ0) is 16.0. The molecule has 116 valence electrons. The number of nitrogens with one attached hydrogen (secondary N) is 1. The first-order valence-corrected chi connectivity index (χ1v) is 8.73. The van der Waals surface area contributed by atoms with E-state index in [0.717, 1.165) is 5.56 Å². The Kier molecular flexibility index (Phi) is 5.30. The molecule has 6 heteroatoms. The highest BCUT2D eigenvalue weighted by Crippen LogP contribution is 2.08. The summed E-state index contributed by atoms with van der Waals surface area (Å²) in [6, 6.07) is 15.9. The summed E-state index contributed by atoms with van der Waals surface area (Å²) in [6.45, 7) is 0.277. The molecule has 1 amide bonds. The van der Waals surface area contributed by atoms with E-state index in [1.54, 1.807) is 24.3 Å². The molecule has 0 bridgehead atoms. The fourth-order valence-corrected chi connectivity index (χ4v) is 2.67. The average molecular weight is 319 g/mol. The molecule has 0 fully saturated rings. The second-order valence-corrected chi connectivity index (χ2v) is 7.11. The minimum atomic E-state index is -3.08. The molecule has 0 aliphatic carbocycles. The Hall–Kier alpha value is -2.18. The van der Waals surface area contributed by atoms with Crippen LogP contribution in [0.4, 0.5) is 0 Å². The van der Waals surface area contributed by atoms with Crippen LogP contribution in [0.1, 0.15) is 21.5 Å². The summed E-state index contributed by atoms with van der Waals surface area (Å²) in [5.74, 6) is -0.416. The van der Waals surface area contributed by atoms with E-state index in [-0.39, 0.29) is 18.3 Å². The molecule has 0 radical (unpaired) electrons. The second-order valence-electron chi connectivity index (χ2n) is 4.97. The second kappa shape index (κ2) is 7.20. The molecule has 0 atom stereocenters. The third-order valence-corrected chi connectivity index (χ3v) is 3.75. The molecule has 0 unspecified atom stereocenters. The molecule has 2 aromatic carbocycles. The number of carbonyl (C=O) groups is 1. The molecule has 0 aliphatic rings. The molecule has 0 aromatic heterocycles. The van der Waals surface area contributed by atoms with E-state index < -0.39 is 9.84 Å². The van der Waals surface area contributed by atoms with Crippen LogP contribution in [0.3, 0.4) is 0 Å². The predicted molar refractivity (Wildman–Crippen MR) is 83.7 cm³/mol. The van der Waals surface area contributed by atoms with Gasteiger partial charge < -0.3 is 0 Å². The highest BCUT2D eigenvalue weighted by molar-refractivity contribution is 7.89. The van der Waals surface area contributed by atoms with Crippen LogP contribution in [0.5, 0.6) is 0 Å². The quantitative estimate of drug-likeness (QED) is 0.828. The summed E-state index contributed by atoms with van der Waals surface area (Å²) in [4.78, 5) is 17.0. The number of hydroxylamine groups is 1. The van der Waals surface area contributed by atoms with E-state index in [9.17, 15) is 13.2 Å². The van der Waals surface area contributed by atoms with E-state index >= 15 is 0 Å². The minimum absolute atomic E-state index is 0.0423. The van der Waals surface area contributed by atoms with Crippen LogP contribution in [0.25, 0.3) is 0 Å². The van der Waals surface area contributed by atoms with Gasteiger partial charge in [-0.3, -0.25) is 9.63 Å². The van der Waals surface area contributed by atoms with Gasteiger partial charge in [-0.25, -0.2) is 13.9 Å². The number of hydrogen-bond acceptors (Lipinski definition) is 4. The van der Waals surface area contributed by atoms with Crippen LogP contribution in [0.15, 0.2) is 54.6 Å². The number of hydrogen-bond donors (Lipinski definition) is 1. The van der Waals surface area contributed by atoms with Crippen LogP contribution < -0.4 is 5.48 Å². The fourth-order valence-electron chi connectivity index (χ4n) is 1.87. The van der Waals surface area contributed by atoms with Gasteiger partial charge in [-0.1, -0.05) is 42.5 Å². The summed E-state index contributed by atoms with van der Waals surface area (Å²) in [7, 11) is -3.08. The lowest BCUT2D eigenvalue weighted by molar-refractivity contribution is 0.0233. The number of amides is 1. The van der Waals surface area contributed by atoms with Gasteiger partial charge in [0.05, 0.1) is 12.4 Å². The minimum Gasteiger partial charge on any atom is -0.269 e. The molecule has 1 N–H and O–H groups in total. The van der Waals surface area contributed by atoms with Crippen LogP contribution in [-0.4, -0.2) is 20.6 Å². The van der Waals surface area contributed by atoms with Crippen molar-refractivity contribution in [3.63, 3.8) is 0 Å². The number of rotatable bonds is 6. The third-order valence-electron chi connectivity index (χ3n) is 2.89. The van der Waals surface area contributed by atoms with E-state index in [1.165, 1.54) is 6.26 Å². The number of carbonyl (C=O) groups excluding carboxylic acids is 1. The van der Waals surface area contributed by atoms with Crippen molar-refractivity contribution in [1.82, 2.24) is 5.48 Å². The van der Waals surface area contributed by atoms with Crippen molar-refractivity contribution < 1.29 is 18.0 Å². The van der Waals surface area contributed by atoms with Crippen LogP contribution >= 0.6 is 0 Å². The lowest BCUT2D eigenvalue weighted by Crippen LogP contribution is -2.23. The van der Waals surface area contributed by atoms with Crippen molar-refractivity contribution in [2.24, 2.45) is 0 Å².